The quantitative estimate of drug-likeness (QED) is 0.819. The van der Waals surface area contributed by atoms with Crippen molar-refractivity contribution in [2.45, 2.75) is 25.2 Å². The van der Waals surface area contributed by atoms with E-state index in [1.54, 1.807) is 12.1 Å². The van der Waals surface area contributed by atoms with E-state index in [1.807, 2.05) is 36.4 Å². The van der Waals surface area contributed by atoms with Crippen LogP contribution in [0.1, 0.15) is 46.7 Å². The number of ketones is 1. The zero-order chi connectivity index (χ0) is 16.2. The van der Waals surface area contributed by atoms with Crippen LogP contribution in [0.5, 0.6) is 0 Å². The molecule has 0 radical (unpaired) electrons. The minimum atomic E-state index is -1.19. The normalized spacial score (nSPS) is 19.7. The van der Waals surface area contributed by atoms with Gasteiger partial charge in [0.1, 0.15) is 0 Å². The van der Waals surface area contributed by atoms with E-state index in [9.17, 15) is 14.7 Å². The lowest BCUT2D eigenvalue weighted by Gasteiger charge is -2.23. The molecule has 2 aromatic rings. The maximum absolute atomic E-state index is 12.7. The Morgan fingerprint density at radius 1 is 1.04 bits per heavy atom. The molecule has 1 aliphatic rings. The predicted octanol–water partition coefficient (Wildman–Crippen LogP) is 2.97. The van der Waals surface area contributed by atoms with E-state index in [-0.39, 0.29) is 17.3 Å². The molecule has 1 fully saturated rings. The van der Waals surface area contributed by atoms with Crippen molar-refractivity contribution >= 4 is 17.8 Å². The molecule has 2 aromatic carbocycles. The van der Waals surface area contributed by atoms with E-state index in [2.05, 4.69) is 0 Å². The molecule has 0 bridgehead atoms. The van der Waals surface area contributed by atoms with Gasteiger partial charge >= 0.3 is 0 Å². The number of benzene rings is 2. The van der Waals surface area contributed by atoms with Gasteiger partial charge in [-0.05, 0) is 47.6 Å². The summed E-state index contributed by atoms with van der Waals surface area (Å²) in [6, 6.07) is 16.3. The first kappa shape index (κ1) is 15.2. The standard InChI is InChI=1S/C20H18O3/c21-19-17(13-14-9-11-16(12-10-14)20(22)23)7-4-8-18(19)15-5-2-1-3-6-15/h1-3,5-6,9-13,18H,4,7-8H2,(H,22,23)/p-1/b17-13+/t18-/m0/s1. The maximum Gasteiger partial charge on any atom is 0.166 e. The average Bonchev–Trinajstić information content (AvgIpc) is 2.58. The molecule has 1 atom stereocenters. The highest BCUT2D eigenvalue weighted by atomic mass is 16.4. The van der Waals surface area contributed by atoms with E-state index in [0.29, 0.717) is 0 Å². The molecule has 116 valence electrons. The van der Waals surface area contributed by atoms with Crippen molar-refractivity contribution in [2.75, 3.05) is 0 Å². The second-order valence-electron chi connectivity index (χ2n) is 5.80. The molecule has 3 rings (SSSR count). The Balaban J connectivity index is 1.84. The molecule has 0 aromatic heterocycles. The van der Waals surface area contributed by atoms with Gasteiger partial charge in [-0.25, -0.2) is 0 Å². The fourth-order valence-corrected chi connectivity index (χ4v) is 3.04. The number of allylic oxidation sites excluding steroid dienone is 1. The molecule has 0 heterocycles. The van der Waals surface area contributed by atoms with Crippen molar-refractivity contribution in [1.29, 1.82) is 0 Å². The first-order valence-corrected chi connectivity index (χ1v) is 7.76. The van der Waals surface area contributed by atoms with Crippen LogP contribution in [0.15, 0.2) is 60.2 Å². The lowest BCUT2D eigenvalue weighted by Crippen LogP contribution is -2.22. The summed E-state index contributed by atoms with van der Waals surface area (Å²) < 4.78 is 0. The molecule has 0 spiro atoms. The van der Waals surface area contributed by atoms with Gasteiger partial charge in [0, 0.05) is 5.92 Å². The fraction of sp³-hybridized carbons (Fsp3) is 0.200. The minimum Gasteiger partial charge on any atom is -0.545 e. The fourth-order valence-electron chi connectivity index (χ4n) is 3.04. The summed E-state index contributed by atoms with van der Waals surface area (Å²) in [6.45, 7) is 0. The lowest BCUT2D eigenvalue weighted by atomic mass is 9.79. The third kappa shape index (κ3) is 3.39. The molecule has 0 saturated heterocycles. The number of hydrogen-bond donors (Lipinski definition) is 0. The van der Waals surface area contributed by atoms with Gasteiger partial charge in [-0.1, -0.05) is 54.6 Å². The van der Waals surface area contributed by atoms with Gasteiger partial charge in [0.25, 0.3) is 0 Å². The highest BCUT2D eigenvalue weighted by Crippen LogP contribution is 2.33. The molecule has 1 saturated carbocycles. The van der Waals surface area contributed by atoms with E-state index in [1.165, 1.54) is 12.1 Å². The summed E-state index contributed by atoms with van der Waals surface area (Å²) in [7, 11) is 0. The predicted molar refractivity (Wildman–Crippen MR) is 86.8 cm³/mol. The zero-order valence-electron chi connectivity index (χ0n) is 12.7. The van der Waals surface area contributed by atoms with Crippen LogP contribution in [-0.4, -0.2) is 11.8 Å². The van der Waals surface area contributed by atoms with Crippen LogP contribution in [0.25, 0.3) is 6.08 Å². The summed E-state index contributed by atoms with van der Waals surface area (Å²) in [4.78, 5) is 23.5. The van der Waals surface area contributed by atoms with Crippen LogP contribution >= 0.6 is 0 Å². The number of aromatic carboxylic acids is 1. The van der Waals surface area contributed by atoms with Gasteiger partial charge in [0.2, 0.25) is 0 Å². The van der Waals surface area contributed by atoms with Crippen molar-refractivity contribution in [3.8, 4) is 0 Å². The Morgan fingerprint density at radius 2 is 1.74 bits per heavy atom. The third-order valence-electron chi connectivity index (χ3n) is 4.26. The molecule has 1 aliphatic carbocycles. The van der Waals surface area contributed by atoms with Crippen LogP contribution in [0.4, 0.5) is 0 Å². The van der Waals surface area contributed by atoms with Crippen molar-refractivity contribution in [1.82, 2.24) is 0 Å². The van der Waals surface area contributed by atoms with Gasteiger partial charge < -0.3 is 9.90 Å². The van der Waals surface area contributed by atoms with Crippen molar-refractivity contribution in [3.63, 3.8) is 0 Å². The first-order chi connectivity index (χ1) is 11.1. The van der Waals surface area contributed by atoms with Crippen molar-refractivity contribution < 1.29 is 14.7 Å². The second-order valence-corrected chi connectivity index (χ2v) is 5.80. The Bertz CT molecular complexity index is 742. The molecule has 3 nitrogen and oxygen atoms in total. The topological polar surface area (TPSA) is 57.2 Å². The zero-order valence-corrected chi connectivity index (χ0v) is 12.7. The van der Waals surface area contributed by atoms with E-state index in [4.69, 9.17) is 0 Å². The van der Waals surface area contributed by atoms with E-state index >= 15 is 0 Å². The third-order valence-corrected chi connectivity index (χ3v) is 4.26. The molecule has 0 N–H and O–H groups in total. The van der Waals surface area contributed by atoms with Crippen molar-refractivity contribution in [2.24, 2.45) is 0 Å². The second kappa shape index (κ2) is 6.61. The Hall–Kier alpha value is -2.68. The summed E-state index contributed by atoms with van der Waals surface area (Å²) in [5.41, 5.74) is 2.86. The highest BCUT2D eigenvalue weighted by Gasteiger charge is 2.27. The highest BCUT2D eigenvalue weighted by molar-refractivity contribution is 6.04. The molecule has 0 unspecified atom stereocenters. The first-order valence-electron chi connectivity index (χ1n) is 7.76. The van der Waals surface area contributed by atoms with Gasteiger partial charge in [-0.3, -0.25) is 4.79 Å². The van der Waals surface area contributed by atoms with Crippen LogP contribution in [-0.2, 0) is 4.79 Å². The SMILES string of the molecule is O=C([O-])c1ccc(/C=C2\CCC[C@@H](c3ccccc3)C2=O)cc1. The monoisotopic (exact) mass is 305 g/mol. The molecule has 0 aliphatic heterocycles. The summed E-state index contributed by atoms with van der Waals surface area (Å²) in [5, 5.41) is 10.8. The Labute approximate surface area is 135 Å². The summed E-state index contributed by atoms with van der Waals surface area (Å²) in [6.07, 6.45) is 4.50. The Kier molecular flexibility index (Phi) is 4.38. The Morgan fingerprint density at radius 3 is 2.39 bits per heavy atom. The number of carbonyl (C=O) groups excluding carboxylic acids is 2. The van der Waals surface area contributed by atoms with Crippen LogP contribution in [0.3, 0.4) is 0 Å². The van der Waals surface area contributed by atoms with E-state index < -0.39 is 5.97 Å². The maximum atomic E-state index is 12.7. The van der Waals surface area contributed by atoms with Gasteiger partial charge in [-0.2, -0.15) is 0 Å². The van der Waals surface area contributed by atoms with Crippen LogP contribution < -0.4 is 5.11 Å². The largest absolute Gasteiger partial charge is 0.545 e. The number of rotatable bonds is 3. The number of hydrogen-bond acceptors (Lipinski definition) is 3. The van der Waals surface area contributed by atoms with Crippen LogP contribution in [0.2, 0.25) is 0 Å². The number of carboxylic acid groups (broad SMARTS) is 1. The number of carbonyl (C=O) groups is 2. The smallest absolute Gasteiger partial charge is 0.166 e. The molecule has 23 heavy (non-hydrogen) atoms. The minimum absolute atomic E-state index is 0.0707. The molecular formula is C20H17O3-. The van der Waals surface area contributed by atoms with Gasteiger partial charge in [-0.15, -0.1) is 0 Å². The summed E-state index contributed by atoms with van der Waals surface area (Å²) in [5.74, 6) is -1.09. The van der Waals surface area contributed by atoms with Crippen LogP contribution in [0, 0.1) is 0 Å². The van der Waals surface area contributed by atoms with Gasteiger partial charge in [0.05, 0.1) is 5.97 Å². The lowest BCUT2D eigenvalue weighted by molar-refractivity contribution is -0.255. The van der Waals surface area contributed by atoms with Crippen molar-refractivity contribution in [3.05, 3.63) is 76.9 Å². The number of carboxylic acids is 1. The molecular weight excluding hydrogens is 288 g/mol. The number of Topliss-reactive ketones (excluding diaryl/α,β-unsaturated/α-hetero) is 1. The molecule has 3 heteroatoms. The summed E-state index contributed by atoms with van der Waals surface area (Å²) >= 11 is 0. The molecule has 0 amide bonds. The average molecular weight is 305 g/mol. The van der Waals surface area contributed by atoms with E-state index in [0.717, 1.165) is 36.0 Å². The van der Waals surface area contributed by atoms with Gasteiger partial charge in [0.15, 0.2) is 5.78 Å².